The number of carbonyl (C=O) groups excluding carboxylic acids is 1. The maximum atomic E-state index is 13.8. The fraction of sp³-hybridized carbons (Fsp3) is 0.111. The zero-order chi connectivity index (χ0) is 21.0. The van der Waals surface area contributed by atoms with Crippen molar-refractivity contribution in [2.45, 2.75) is 4.90 Å². The number of aromatic nitrogens is 1. The minimum absolute atomic E-state index is 0.0259. The topological polar surface area (TPSA) is 66.5 Å². The van der Waals surface area contributed by atoms with Crippen molar-refractivity contribution in [3.63, 3.8) is 0 Å². The molecule has 0 saturated carbocycles. The van der Waals surface area contributed by atoms with Crippen molar-refractivity contribution in [2.75, 3.05) is 24.3 Å². The van der Waals surface area contributed by atoms with Gasteiger partial charge >= 0.3 is 6.03 Å². The quantitative estimate of drug-likeness (QED) is 0.513. The van der Waals surface area contributed by atoms with E-state index in [0.717, 1.165) is 41.5 Å². The third-order valence-electron chi connectivity index (χ3n) is 3.57. The highest BCUT2D eigenvalue weighted by atomic mass is 32.2. The Bertz CT molecular complexity index is 1010. The van der Waals surface area contributed by atoms with Gasteiger partial charge in [-0.3, -0.25) is 14.9 Å². The number of thiazole rings is 1. The van der Waals surface area contributed by atoms with Gasteiger partial charge in [0.25, 0.3) is 0 Å². The first kappa shape index (κ1) is 21.0. The Labute approximate surface area is 172 Å². The van der Waals surface area contributed by atoms with Crippen LogP contribution < -0.4 is 19.7 Å². The van der Waals surface area contributed by atoms with E-state index in [1.165, 1.54) is 36.3 Å². The van der Waals surface area contributed by atoms with Gasteiger partial charge in [-0.1, -0.05) is 11.3 Å². The smallest absolute Gasteiger partial charge is 0.327 e. The molecule has 0 radical (unpaired) electrons. The van der Waals surface area contributed by atoms with Gasteiger partial charge in [-0.05, 0) is 37.2 Å². The molecule has 0 unspecified atom stereocenters. The molecule has 2 N–H and O–H groups in total. The summed E-state index contributed by atoms with van der Waals surface area (Å²) in [7, 11) is 3.18. The Hall–Kier alpha value is -2.76. The van der Waals surface area contributed by atoms with Crippen LogP contribution in [0, 0.1) is 17.5 Å². The predicted octanol–water partition coefficient (Wildman–Crippen LogP) is 5.25. The summed E-state index contributed by atoms with van der Waals surface area (Å²) in [6.07, 6.45) is 1.32. The molecule has 0 atom stereocenters. The minimum Gasteiger partial charge on any atom is -0.445 e. The lowest BCUT2D eigenvalue weighted by atomic mass is 10.3. The summed E-state index contributed by atoms with van der Waals surface area (Å²) in [5.41, 5.74) is 0.477. The molecule has 0 saturated heterocycles. The zero-order valence-electron chi connectivity index (χ0n) is 15.2. The fourth-order valence-corrected chi connectivity index (χ4v) is 3.49. The van der Waals surface area contributed by atoms with Gasteiger partial charge < -0.3 is 4.74 Å². The summed E-state index contributed by atoms with van der Waals surface area (Å²) in [4.78, 5) is 18.1. The van der Waals surface area contributed by atoms with E-state index in [0.29, 0.717) is 10.6 Å². The van der Waals surface area contributed by atoms with Crippen molar-refractivity contribution in [1.82, 2.24) is 9.71 Å². The van der Waals surface area contributed by atoms with E-state index < -0.39 is 23.5 Å². The molecule has 0 aliphatic heterocycles. The van der Waals surface area contributed by atoms with Crippen molar-refractivity contribution in [1.29, 1.82) is 0 Å². The first-order valence-electron chi connectivity index (χ1n) is 8.13. The molecule has 6 nitrogen and oxygen atoms in total. The number of anilines is 2. The molecule has 0 bridgehead atoms. The van der Waals surface area contributed by atoms with Gasteiger partial charge in [-0.2, -0.15) is 0 Å². The third kappa shape index (κ3) is 5.40. The highest BCUT2D eigenvalue weighted by Crippen LogP contribution is 2.31. The van der Waals surface area contributed by atoms with Crippen molar-refractivity contribution in [3.8, 4) is 10.8 Å². The lowest BCUT2D eigenvalue weighted by Gasteiger charge is -2.18. The first-order valence-corrected chi connectivity index (χ1v) is 9.76. The van der Waals surface area contributed by atoms with E-state index in [9.17, 15) is 18.0 Å². The number of amides is 2. The number of ether oxygens (including phenoxy) is 1. The first-order chi connectivity index (χ1) is 13.9. The Balaban J connectivity index is 1.67. The van der Waals surface area contributed by atoms with Crippen LogP contribution in [0.5, 0.6) is 10.8 Å². The number of rotatable bonds is 6. The lowest BCUT2D eigenvalue weighted by Crippen LogP contribution is -2.31. The van der Waals surface area contributed by atoms with E-state index in [4.69, 9.17) is 4.74 Å². The number of nitrogens with zero attached hydrogens (tertiary/aromatic N) is 2. The van der Waals surface area contributed by atoms with E-state index in [-0.39, 0.29) is 15.9 Å². The predicted molar refractivity (Wildman–Crippen MR) is 107 cm³/mol. The zero-order valence-corrected chi connectivity index (χ0v) is 16.8. The molecule has 11 heteroatoms. The number of benzene rings is 2. The maximum Gasteiger partial charge on any atom is 0.327 e. The van der Waals surface area contributed by atoms with Gasteiger partial charge in [0.15, 0.2) is 5.13 Å². The van der Waals surface area contributed by atoms with Crippen molar-refractivity contribution in [2.24, 2.45) is 0 Å². The second-order valence-corrected chi connectivity index (χ2v) is 7.65. The molecule has 0 aliphatic carbocycles. The maximum absolute atomic E-state index is 13.8. The Morgan fingerprint density at radius 2 is 1.90 bits per heavy atom. The standard InChI is InChI=1S/C18H15F3N4O2S2/c1-22-29-15-8-12(3-4-14(15)21)25(2)18(26)24-17-23-9-16(28-17)27-13-6-10(19)5-11(20)7-13/h3-9,22H,1-2H3,(H,23,24,26). The average molecular weight is 440 g/mol. The van der Waals surface area contributed by atoms with Crippen molar-refractivity contribution in [3.05, 3.63) is 60.0 Å². The minimum atomic E-state index is -0.769. The molecule has 3 aromatic rings. The Morgan fingerprint density at radius 1 is 1.17 bits per heavy atom. The number of urea groups is 1. The lowest BCUT2D eigenvalue weighted by molar-refractivity contribution is 0.258. The largest absolute Gasteiger partial charge is 0.445 e. The number of nitrogens with one attached hydrogen (secondary N) is 2. The van der Waals surface area contributed by atoms with Crippen molar-refractivity contribution >= 4 is 40.1 Å². The van der Waals surface area contributed by atoms with Crippen LogP contribution in [0.4, 0.5) is 28.8 Å². The number of hydrogen-bond donors (Lipinski definition) is 2. The molecule has 0 fully saturated rings. The molecule has 2 aromatic carbocycles. The fourth-order valence-electron chi connectivity index (χ4n) is 2.25. The number of halogens is 3. The summed E-state index contributed by atoms with van der Waals surface area (Å²) >= 11 is 2.07. The molecule has 1 aromatic heterocycles. The second-order valence-electron chi connectivity index (χ2n) is 5.60. The van der Waals surface area contributed by atoms with Gasteiger partial charge in [0.2, 0.25) is 5.06 Å². The normalized spacial score (nSPS) is 10.7. The van der Waals surface area contributed by atoms with Crippen LogP contribution in [-0.4, -0.2) is 25.1 Å². The molecule has 3 rings (SSSR count). The van der Waals surface area contributed by atoms with E-state index in [1.54, 1.807) is 7.05 Å². The SMILES string of the molecule is CNSc1cc(N(C)C(=O)Nc2ncc(Oc3cc(F)cc(F)c3)s2)ccc1F. The highest BCUT2D eigenvalue weighted by molar-refractivity contribution is 7.97. The van der Waals surface area contributed by atoms with Crippen molar-refractivity contribution < 1.29 is 22.7 Å². The molecule has 1 heterocycles. The summed E-state index contributed by atoms with van der Waals surface area (Å²) in [5.74, 6) is -1.97. The molecular formula is C18H15F3N4O2S2. The van der Waals surface area contributed by atoms with Gasteiger partial charge in [0.1, 0.15) is 23.2 Å². The summed E-state index contributed by atoms with van der Waals surface area (Å²) in [6.45, 7) is 0. The summed E-state index contributed by atoms with van der Waals surface area (Å²) < 4.78 is 48.4. The molecule has 29 heavy (non-hydrogen) atoms. The average Bonchev–Trinajstić information content (AvgIpc) is 3.09. The number of carbonyl (C=O) groups is 1. The van der Waals surface area contributed by atoms with Gasteiger partial charge in [-0.15, -0.1) is 0 Å². The van der Waals surface area contributed by atoms with Gasteiger partial charge in [0, 0.05) is 30.9 Å². The van der Waals surface area contributed by atoms with Gasteiger partial charge in [0.05, 0.1) is 11.1 Å². The Kier molecular flexibility index (Phi) is 6.62. The van der Waals surface area contributed by atoms with Gasteiger partial charge in [-0.25, -0.2) is 22.9 Å². The van der Waals surface area contributed by atoms with Crippen LogP contribution >= 0.6 is 23.3 Å². The van der Waals surface area contributed by atoms with E-state index in [1.807, 2.05) is 0 Å². The molecule has 2 amide bonds. The Morgan fingerprint density at radius 3 is 2.59 bits per heavy atom. The molecule has 152 valence electrons. The van der Waals surface area contributed by atoms with E-state index >= 15 is 0 Å². The van der Waals surface area contributed by atoms with Crippen LogP contribution in [0.1, 0.15) is 0 Å². The van der Waals surface area contributed by atoms with Crippen LogP contribution in [0.2, 0.25) is 0 Å². The molecule has 0 spiro atoms. The summed E-state index contributed by atoms with van der Waals surface area (Å²) in [6, 6.07) is 6.57. The monoisotopic (exact) mass is 440 g/mol. The van der Waals surface area contributed by atoms with Crippen LogP contribution in [0.15, 0.2) is 47.5 Å². The van der Waals surface area contributed by atoms with Crippen LogP contribution in [-0.2, 0) is 0 Å². The third-order valence-corrected chi connectivity index (χ3v) is 5.10. The number of hydrogen-bond acceptors (Lipinski definition) is 6. The molecular weight excluding hydrogens is 425 g/mol. The van der Waals surface area contributed by atoms with E-state index in [2.05, 4.69) is 15.0 Å². The second kappa shape index (κ2) is 9.16. The highest BCUT2D eigenvalue weighted by Gasteiger charge is 2.16. The molecule has 0 aliphatic rings. The van der Waals surface area contributed by atoms with Crippen LogP contribution in [0.25, 0.3) is 0 Å². The summed E-state index contributed by atoms with van der Waals surface area (Å²) in [5, 5.41) is 3.05. The van der Waals surface area contributed by atoms with Crippen LogP contribution in [0.3, 0.4) is 0 Å².